The van der Waals surface area contributed by atoms with Crippen molar-refractivity contribution in [1.29, 1.82) is 0 Å². The number of sulfone groups is 1. The lowest BCUT2D eigenvalue weighted by Crippen LogP contribution is -2.52. The molecule has 1 atom stereocenters. The zero-order chi connectivity index (χ0) is 29.8. The molecule has 0 bridgehead atoms. The second-order valence-electron chi connectivity index (χ2n) is 10.8. The molecule has 6 rings (SSSR count). The zero-order valence-electron chi connectivity index (χ0n) is 22.6. The fourth-order valence-electron chi connectivity index (χ4n) is 5.25. The molecular formula is C27H29F3N6O4S2. The number of nitrogens with zero attached hydrogens (tertiary/aromatic N) is 4. The molecule has 0 radical (unpaired) electrons. The Hall–Kier alpha value is -3.27. The van der Waals surface area contributed by atoms with Crippen molar-refractivity contribution in [3.05, 3.63) is 46.5 Å². The highest BCUT2D eigenvalue weighted by atomic mass is 32.2. The van der Waals surface area contributed by atoms with E-state index in [0.29, 0.717) is 35.7 Å². The van der Waals surface area contributed by atoms with E-state index in [4.69, 9.17) is 0 Å². The molecular weight excluding hydrogens is 593 g/mol. The van der Waals surface area contributed by atoms with Crippen molar-refractivity contribution in [1.82, 2.24) is 20.2 Å². The summed E-state index contributed by atoms with van der Waals surface area (Å²) >= 11 is 0.682. The van der Waals surface area contributed by atoms with Gasteiger partial charge in [-0.25, -0.2) is 18.4 Å². The second-order valence-corrected chi connectivity index (χ2v) is 13.9. The van der Waals surface area contributed by atoms with Gasteiger partial charge < -0.3 is 25.5 Å². The second kappa shape index (κ2) is 10.8. The molecule has 0 unspecified atom stereocenters. The SMILES string of the molecule is CN1CCS(=O)(=O)c2cc(-c3nc(Nc4ccc(N5CCN[C@H](CO)C5)cc4C4CC4)ncc3C(F)(F)F)sc2C1=O. The largest absolute Gasteiger partial charge is 0.420 e. The van der Waals surface area contributed by atoms with Crippen molar-refractivity contribution in [2.75, 3.05) is 55.8 Å². The van der Waals surface area contributed by atoms with Crippen molar-refractivity contribution in [3.63, 3.8) is 0 Å². The van der Waals surface area contributed by atoms with Crippen LogP contribution in [0.25, 0.3) is 10.6 Å². The monoisotopic (exact) mass is 622 g/mol. The Morgan fingerprint density at radius 3 is 2.71 bits per heavy atom. The van der Waals surface area contributed by atoms with Gasteiger partial charge in [0.1, 0.15) is 10.4 Å². The first-order valence-corrected chi connectivity index (χ1v) is 16.0. The van der Waals surface area contributed by atoms with E-state index < -0.39 is 33.2 Å². The highest BCUT2D eigenvalue weighted by molar-refractivity contribution is 7.91. The van der Waals surface area contributed by atoms with Crippen LogP contribution in [-0.4, -0.2) is 85.9 Å². The summed E-state index contributed by atoms with van der Waals surface area (Å²) in [5.41, 5.74) is 1.04. The first kappa shape index (κ1) is 28.8. The van der Waals surface area contributed by atoms with Gasteiger partial charge in [0.05, 0.1) is 27.8 Å². The summed E-state index contributed by atoms with van der Waals surface area (Å²) in [4.78, 5) is 23.9. The lowest BCUT2D eigenvalue weighted by atomic mass is 10.1. The van der Waals surface area contributed by atoms with Gasteiger partial charge in [-0.2, -0.15) is 13.2 Å². The minimum Gasteiger partial charge on any atom is -0.395 e. The topological polar surface area (TPSA) is 128 Å². The fraction of sp³-hybridized carbons (Fsp3) is 0.444. The van der Waals surface area contributed by atoms with Gasteiger partial charge in [-0.05, 0) is 48.6 Å². The van der Waals surface area contributed by atoms with Crippen molar-refractivity contribution >= 4 is 44.4 Å². The Labute approximate surface area is 244 Å². The number of piperazine rings is 1. The van der Waals surface area contributed by atoms with Gasteiger partial charge in [-0.3, -0.25) is 4.79 Å². The maximum absolute atomic E-state index is 14.1. The van der Waals surface area contributed by atoms with E-state index >= 15 is 0 Å². The van der Waals surface area contributed by atoms with Crippen LogP contribution in [0.4, 0.5) is 30.5 Å². The third kappa shape index (κ3) is 5.57. The molecule has 10 nitrogen and oxygen atoms in total. The molecule has 2 aliphatic heterocycles. The Morgan fingerprint density at radius 2 is 2.00 bits per heavy atom. The fourth-order valence-corrected chi connectivity index (χ4v) is 8.28. The number of nitrogens with one attached hydrogen (secondary N) is 2. The Morgan fingerprint density at radius 1 is 1.21 bits per heavy atom. The Bertz CT molecular complexity index is 1640. The molecule has 3 aliphatic rings. The van der Waals surface area contributed by atoms with Crippen LogP contribution in [-0.2, 0) is 16.0 Å². The predicted octanol–water partition coefficient (Wildman–Crippen LogP) is 3.47. The van der Waals surface area contributed by atoms with Crippen molar-refractivity contribution in [3.8, 4) is 10.6 Å². The highest BCUT2D eigenvalue weighted by Gasteiger charge is 2.38. The minimum absolute atomic E-state index is 0.00788. The highest BCUT2D eigenvalue weighted by Crippen LogP contribution is 2.46. The number of aromatic nitrogens is 2. The molecule has 4 heterocycles. The number of halogens is 3. The van der Waals surface area contributed by atoms with Crippen LogP contribution in [0.3, 0.4) is 0 Å². The van der Waals surface area contributed by atoms with Crippen LogP contribution in [0.5, 0.6) is 0 Å². The summed E-state index contributed by atoms with van der Waals surface area (Å²) in [6.07, 6.45) is -2.17. The summed E-state index contributed by atoms with van der Waals surface area (Å²) in [6, 6.07) is 6.92. The van der Waals surface area contributed by atoms with Crippen LogP contribution in [0.1, 0.15) is 39.6 Å². The number of carbonyl (C=O) groups excluding carboxylic acids is 1. The van der Waals surface area contributed by atoms with Crippen molar-refractivity contribution in [2.45, 2.75) is 35.9 Å². The predicted molar refractivity (Wildman–Crippen MR) is 152 cm³/mol. The Balaban J connectivity index is 1.37. The third-order valence-electron chi connectivity index (χ3n) is 7.74. The number of alkyl halides is 3. The zero-order valence-corrected chi connectivity index (χ0v) is 24.2. The smallest absolute Gasteiger partial charge is 0.395 e. The third-order valence-corrected chi connectivity index (χ3v) is 10.7. The Kier molecular flexibility index (Phi) is 7.40. The lowest BCUT2D eigenvalue weighted by molar-refractivity contribution is -0.137. The van der Waals surface area contributed by atoms with Gasteiger partial charge in [-0.15, -0.1) is 11.3 Å². The van der Waals surface area contributed by atoms with E-state index in [1.54, 1.807) is 0 Å². The van der Waals surface area contributed by atoms with Crippen LogP contribution in [0.15, 0.2) is 35.4 Å². The number of carbonyl (C=O) groups is 1. The maximum Gasteiger partial charge on any atom is 0.420 e. The molecule has 1 amide bonds. The van der Waals surface area contributed by atoms with Gasteiger partial charge in [0, 0.05) is 56.8 Å². The summed E-state index contributed by atoms with van der Waals surface area (Å²) in [7, 11) is -2.43. The normalized spacial score (nSPS) is 20.8. The number of aliphatic hydroxyl groups excluding tert-OH is 1. The number of thiophene rings is 1. The average molecular weight is 623 g/mol. The van der Waals surface area contributed by atoms with E-state index in [-0.39, 0.29) is 45.5 Å². The summed E-state index contributed by atoms with van der Waals surface area (Å²) in [6.45, 7) is 2.19. The van der Waals surface area contributed by atoms with Gasteiger partial charge in [-0.1, -0.05) is 0 Å². The van der Waals surface area contributed by atoms with E-state index in [9.17, 15) is 31.5 Å². The average Bonchev–Trinajstić information content (AvgIpc) is 3.72. The number of hydrogen-bond acceptors (Lipinski definition) is 10. The van der Waals surface area contributed by atoms with Gasteiger partial charge >= 0.3 is 6.18 Å². The van der Waals surface area contributed by atoms with E-state index in [1.165, 1.54) is 11.9 Å². The van der Waals surface area contributed by atoms with E-state index in [0.717, 1.165) is 43.2 Å². The standard InChI is InChI=1S/C27H29F3N6O4S2/c1-35-8-9-42(39,40)22-11-21(41-24(22)25(35)38)23-19(27(28,29)30)12-32-26(34-23)33-20-5-4-17(10-18(20)15-2-3-15)36-7-6-31-16(13-36)14-37/h4-5,10-12,15-16,31,37H,2-3,6-9,13-14H2,1H3,(H,32,33,34)/t16-/m0/s1. The number of aliphatic hydroxyl groups is 1. The minimum atomic E-state index is -4.81. The molecule has 1 aromatic carbocycles. The molecule has 224 valence electrons. The number of fused-ring (bicyclic) bond motifs is 1. The van der Waals surface area contributed by atoms with Gasteiger partial charge in [0.25, 0.3) is 5.91 Å². The summed E-state index contributed by atoms with van der Waals surface area (Å²) < 4.78 is 67.9. The molecule has 2 fully saturated rings. The molecule has 15 heteroatoms. The number of rotatable bonds is 6. The number of anilines is 3. The van der Waals surface area contributed by atoms with Gasteiger partial charge in [0.15, 0.2) is 9.84 Å². The molecule has 1 saturated heterocycles. The molecule has 0 spiro atoms. The molecule has 1 saturated carbocycles. The molecule has 42 heavy (non-hydrogen) atoms. The van der Waals surface area contributed by atoms with Crippen LogP contribution in [0, 0.1) is 0 Å². The molecule has 1 aliphatic carbocycles. The quantitative estimate of drug-likeness (QED) is 0.379. The first-order valence-electron chi connectivity index (χ1n) is 13.5. The first-order chi connectivity index (χ1) is 19.9. The number of benzene rings is 1. The summed E-state index contributed by atoms with van der Waals surface area (Å²) in [5.74, 6) is -0.674. The van der Waals surface area contributed by atoms with Crippen LogP contribution in [0.2, 0.25) is 0 Å². The number of hydrogen-bond donors (Lipinski definition) is 3. The summed E-state index contributed by atoms with van der Waals surface area (Å²) in [5, 5.41) is 15.9. The maximum atomic E-state index is 14.1. The van der Waals surface area contributed by atoms with E-state index in [2.05, 4.69) is 31.6 Å². The van der Waals surface area contributed by atoms with E-state index in [1.807, 2.05) is 12.1 Å². The van der Waals surface area contributed by atoms with Crippen LogP contribution < -0.4 is 15.5 Å². The molecule has 3 aromatic rings. The van der Waals surface area contributed by atoms with Crippen LogP contribution >= 0.6 is 11.3 Å². The number of amides is 1. The van der Waals surface area contributed by atoms with Gasteiger partial charge in [0.2, 0.25) is 5.95 Å². The molecule has 3 N–H and O–H groups in total. The lowest BCUT2D eigenvalue weighted by Gasteiger charge is -2.35. The van der Waals surface area contributed by atoms with Crippen molar-refractivity contribution in [2.24, 2.45) is 0 Å². The van der Waals surface area contributed by atoms with Crippen molar-refractivity contribution < 1.29 is 31.5 Å². The molecule has 2 aromatic heterocycles.